The van der Waals surface area contributed by atoms with Crippen molar-refractivity contribution in [3.05, 3.63) is 34.5 Å². The average molecular weight is 251 g/mol. The fourth-order valence-corrected chi connectivity index (χ4v) is 2.26. The van der Waals surface area contributed by atoms with Crippen molar-refractivity contribution in [2.45, 2.75) is 20.3 Å². The number of rotatable bonds is 6. The van der Waals surface area contributed by atoms with Gasteiger partial charge < -0.3 is 11.1 Å². The van der Waals surface area contributed by atoms with E-state index in [1.165, 1.54) is 4.88 Å². The van der Waals surface area contributed by atoms with Gasteiger partial charge in [-0.3, -0.25) is 4.99 Å². The molecule has 0 aliphatic rings. The summed E-state index contributed by atoms with van der Waals surface area (Å²) >= 11 is 1.79. The molecule has 1 aromatic rings. The lowest BCUT2D eigenvalue weighted by molar-refractivity contribution is 0.597. The van der Waals surface area contributed by atoms with Gasteiger partial charge in [-0.25, -0.2) is 0 Å². The van der Waals surface area contributed by atoms with Crippen LogP contribution >= 0.6 is 11.3 Å². The summed E-state index contributed by atoms with van der Waals surface area (Å²) in [6.07, 6.45) is 1.06. The number of guanidine groups is 1. The Morgan fingerprint density at radius 1 is 1.65 bits per heavy atom. The van der Waals surface area contributed by atoms with Crippen LogP contribution in [-0.4, -0.2) is 19.0 Å². The lowest BCUT2D eigenvalue weighted by Gasteiger charge is -2.09. The summed E-state index contributed by atoms with van der Waals surface area (Å²) in [6.45, 7) is 9.39. The Balaban J connectivity index is 2.28. The minimum atomic E-state index is 0.506. The van der Waals surface area contributed by atoms with Crippen molar-refractivity contribution in [1.82, 2.24) is 5.32 Å². The van der Waals surface area contributed by atoms with Crippen molar-refractivity contribution < 1.29 is 0 Å². The van der Waals surface area contributed by atoms with E-state index in [-0.39, 0.29) is 0 Å². The van der Waals surface area contributed by atoms with Gasteiger partial charge in [0.25, 0.3) is 0 Å². The van der Waals surface area contributed by atoms with E-state index in [4.69, 9.17) is 5.73 Å². The molecule has 17 heavy (non-hydrogen) atoms. The van der Waals surface area contributed by atoms with Crippen molar-refractivity contribution in [1.29, 1.82) is 0 Å². The molecule has 0 saturated heterocycles. The van der Waals surface area contributed by atoms with Crippen LogP contribution in [0.2, 0.25) is 0 Å². The molecule has 0 aliphatic heterocycles. The Kier molecular flexibility index (Phi) is 5.77. The highest BCUT2D eigenvalue weighted by atomic mass is 32.1. The summed E-state index contributed by atoms with van der Waals surface area (Å²) in [5.41, 5.74) is 6.79. The average Bonchev–Trinajstić information content (AvgIpc) is 2.76. The van der Waals surface area contributed by atoms with E-state index in [1.54, 1.807) is 11.3 Å². The molecule has 0 amide bonds. The lowest BCUT2D eigenvalue weighted by Crippen LogP contribution is -2.33. The van der Waals surface area contributed by atoms with Crippen LogP contribution in [0.3, 0.4) is 0 Å². The normalized spacial score (nSPS) is 13.4. The number of thiophene rings is 1. The van der Waals surface area contributed by atoms with E-state index in [9.17, 15) is 0 Å². The van der Waals surface area contributed by atoms with Gasteiger partial charge in [0.2, 0.25) is 0 Å². The first-order chi connectivity index (χ1) is 8.08. The zero-order chi connectivity index (χ0) is 12.7. The van der Waals surface area contributed by atoms with E-state index >= 15 is 0 Å². The third-order valence-corrected chi connectivity index (χ3v) is 3.17. The molecule has 94 valence electrons. The molecule has 1 atom stereocenters. The van der Waals surface area contributed by atoms with E-state index in [0.29, 0.717) is 18.4 Å². The highest BCUT2D eigenvalue weighted by Gasteiger charge is 2.03. The van der Waals surface area contributed by atoms with Gasteiger partial charge >= 0.3 is 0 Å². The van der Waals surface area contributed by atoms with Crippen LogP contribution in [-0.2, 0) is 6.42 Å². The summed E-state index contributed by atoms with van der Waals surface area (Å²) in [4.78, 5) is 5.73. The number of nitrogens with zero attached hydrogens (tertiary/aromatic N) is 1. The fraction of sp³-hybridized carbons (Fsp3) is 0.462. The summed E-state index contributed by atoms with van der Waals surface area (Å²) in [7, 11) is 0. The Morgan fingerprint density at radius 2 is 2.41 bits per heavy atom. The zero-order valence-corrected chi connectivity index (χ0v) is 11.4. The van der Waals surface area contributed by atoms with Crippen LogP contribution in [0.4, 0.5) is 0 Å². The highest BCUT2D eigenvalue weighted by Crippen LogP contribution is 2.14. The molecule has 1 heterocycles. The summed E-state index contributed by atoms with van der Waals surface area (Å²) in [5, 5.41) is 5.13. The second-order valence-electron chi connectivity index (χ2n) is 4.43. The topological polar surface area (TPSA) is 50.4 Å². The number of nitrogens with two attached hydrogens (primary N) is 1. The molecule has 1 aromatic heterocycles. The maximum Gasteiger partial charge on any atom is 0.188 e. The smallest absolute Gasteiger partial charge is 0.188 e. The first kappa shape index (κ1) is 13.8. The molecular formula is C13H21N3S. The van der Waals surface area contributed by atoms with Crippen LogP contribution in [0.1, 0.15) is 18.7 Å². The lowest BCUT2D eigenvalue weighted by atomic mass is 10.1. The molecule has 0 fully saturated rings. The predicted octanol–water partition coefficient (Wildman–Crippen LogP) is 2.41. The van der Waals surface area contributed by atoms with Gasteiger partial charge in [0.1, 0.15) is 0 Å². The Bertz CT molecular complexity index is 368. The van der Waals surface area contributed by atoms with Gasteiger partial charge in [-0.2, -0.15) is 0 Å². The maximum absolute atomic E-state index is 5.74. The molecular weight excluding hydrogens is 230 g/mol. The molecule has 0 saturated carbocycles. The maximum atomic E-state index is 5.74. The summed E-state index contributed by atoms with van der Waals surface area (Å²) < 4.78 is 0. The standard InChI is InChI=1S/C13H21N3S/c1-10(2)8-15-13(14)16-9-11(3)7-12-5-4-6-17-12/h4-6,11H,1,7-9H2,2-3H3,(H3,14,15,16). The monoisotopic (exact) mass is 251 g/mol. The minimum absolute atomic E-state index is 0.506. The van der Waals surface area contributed by atoms with E-state index < -0.39 is 0 Å². The second kappa shape index (κ2) is 7.12. The third kappa shape index (κ3) is 6.12. The molecule has 4 heteroatoms. The molecule has 0 spiro atoms. The number of hydrogen-bond acceptors (Lipinski definition) is 2. The summed E-state index contributed by atoms with van der Waals surface area (Å²) in [5.74, 6) is 1.02. The van der Waals surface area contributed by atoms with Crippen LogP contribution in [0.25, 0.3) is 0 Å². The molecule has 0 radical (unpaired) electrons. The molecule has 3 N–H and O–H groups in total. The fourth-order valence-electron chi connectivity index (χ4n) is 1.39. The molecule has 0 aromatic carbocycles. The SMILES string of the molecule is C=C(C)CNC(N)=NCC(C)Cc1cccs1. The van der Waals surface area contributed by atoms with Gasteiger partial charge in [0, 0.05) is 18.0 Å². The zero-order valence-electron chi connectivity index (χ0n) is 10.6. The Morgan fingerprint density at radius 3 is 3.00 bits per heavy atom. The number of hydrogen-bond donors (Lipinski definition) is 2. The van der Waals surface area contributed by atoms with Crippen LogP contribution in [0, 0.1) is 5.92 Å². The van der Waals surface area contributed by atoms with E-state index in [0.717, 1.165) is 18.5 Å². The third-order valence-electron chi connectivity index (χ3n) is 2.27. The largest absolute Gasteiger partial charge is 0.370 e. The Hall–Kier alpha value is -1.29. The van der Waals surface area contributed by atoms with Crippen LogP contribution in [0.15, 0.2) is 34.7 Å². The van der Waals surface area contributed by atoms with Crippen molar-refractivity contribution in [3.8, 4) is 0 Å². The van der Waals surface area contributed by atoms with Gasteiger partial charge in [-0.05, 0) is 30.7 Å². The minimum Gasteiger partial charge on any atom is -0.370 e. The van der Waals surface area contributed by atoms with Crippen LogP contribution in [0.5, 0.6) is 0 Å². The predicted molar refractivity (Wildman–Crippen MR) is 76.5 cm³/mol. The van der Waals surface area contributed by atoms with Crippen molar-refractivity contribution in [3.63, 3.8) is 0 Å². The summed E-state index contributed by atoms with van der Waals surface area (Å²) in [6, 6.07) is 4.24. The molecule has 1 unspecified atom stereocenters. The molecule has 0 bridgehead atoms. The quantitative estimate of drug-likeness (QED) is 0.463. The van der Waals surface area contributed by atoms with Crippen molar-refractivity contribution in [2.75, 3.05) is 13.1 Å². The molecule has 1 rings (SSSR count). The number of nitrogens with one attached hydrogen (secondary N) is 1. The Labute approximate surface area is 107 Å². The van der Waals surface area contributed by atoms with Gasteiger partial charge in [-0.15, -0.1) is 11.3 Å². The van der Waals surface area contributed by atoms with E-state index in [2.05, 4.69) is 41.3 Å². The first-order valence-corrected chi connectivity index (χ1v) is 6.66. The number of aliphatic imine (C=N–C) groups is 1. The molecule has 3 nitrogen and oxygen atoms in total. The van der Waals surface area contributed by atoms with Crippen molar-refractivity contribution in [2.24, 2.45) is 16.6 Å². The van der Waals surface area contributed by atoms with Crippen LogP contribution < -0.4 is 11.1 Å². The molecule has 0 aliphatic carbocycles. The van der Waals surface area contributed by atoms with Gasteiger partial charge in [0.15, 0.2) is 5.96 Å². The highest BCUT2D eigenvalue weighted by molar-refractivity contribution is 7.09. The second-order valence-corrected chi connectivity index (χ2v) is 5.46. The van der Waals surface area contributed by atoms with E-state index in [1.807, 2.05) is 6.92 Å². The first-order valence-electron chi connectivity index (χ1n) is 5.78. The van der Waals surface area contributed by atoms with Gasteiger partial charge in [-0.1, -0.05) is 25.1 Å². The van der Waals surface area contributed by atoms with Crippen molar-refractivity contribution >= 4 is 17.3 Å². The van der Waals surface area contributed by atoms with Gasteiger partial charge in [0.05, 0.1) is 0 Å².